The van der Waals surface area contributed by atoms with Crippen LogP contribution in [0.5, 0.6) is 0 Å². The van der Waals surface area contributed by atoms with Crippen LogP contribution in [-0.4, -0.2) is 96.7 Å². The molecule has 0 saturated carbocycles. The van der Waals surface area contributed by atoms with Gasteiger partial charge in [0.15, 0.2) is 12.2 Å². The minimum absolute atomic E-state index is 0.105. The van der Waals surface area contributed by atoms with E-state index in [0.717, 1.165) is 114 Å². The molecule has 0 saturated heterocycles. The Hall–Kier alpha value is -1.94. The molecule has 101 heavy (non-hydrogen) atoms. The molecule has 0 aliphatic heterocycles. The van der Waals surface area contributed by atoms with E-state index in [-0.39, 0.29) is 25.7 Å². The Balaban J connectivity index is 5.22. The Kier molecular flexibility index (Phi) is 69.6. The molecule has 600 valence electrons. The van der Waals surface area contributed by atoms with Crippen molar-refractivity contribution in [3.8, 4) is 0 Å². The van der Waals surface area contributed by atoms with Crippen molar-refractivity contribution in [3.63, 3.8) is 0 Å². The second kappa shape index (κ2) is 71.0. The van der Waals surface area contributed by atoms with Crippen molar-refractivity contribution in [2.45, 2.75) is 440 Å². The van der Waals surface area contributed by atoms with E-state index in [9.17, 15) is 43.2 Å². The lowest BCUT2D eigenvalue weighted by atomic mass is 9.99. The molecule has 0 spiro atoms. The van der Waals surface area contributed by atoms with E-state index in [1.165, 1.54) is 218 Å². The molecule has 3 N–H and O–H groups in total. The summed E-state index contributed by atoms with van der Waals surface area (Å²) < 4.78 is 68.7. The zero-order valence-electron chi connectivity index (χ0n) is 66.5. The second-order valence-electron chi connectivity index (χ2n) is 31.2. The number of rotatable bonds is 79. The highest BCUT2D eigenvalue weighted by atomic mass is 31.2. The molecular formula is C82H160O17P2. The molecule has 19 heteroatoms. The van der Waals surface area contributed by atoms with E-state index in [1.807, 2.05) is 0 Å². The highest BCUT2D eigenvalue weighted by Crippen LogP contribution is 2.45. The minimum Gasteiger partial charge on any atom is -0.462 e. The van der Waals surface area contributed by atoms with Crippen molar-refractivity contribution in [1.29, 1.82) is 0 Å². The topological polar surface area (TPSA) is 237 Å². The Morgan fingerprint density at radius 1 is 0.277 bits per heavy atom. The number of hydrogen-bond donors (Lipinski definition) is 3. The van der Waals surface area contributed by atoms with Crippen molar-refractivity contribution in [1.82, 2.24) is 0 Å². The molecule has 4 unspecified atom stereocenters. The van der Waals surface area contributed by atoms with Gasteiger partial charge in [-0.2, -0.15) is 0 Å². The largest absolute Gasteiger partial charge is 0.472 e. The summed E-state index contributed by atoms with van der Waals surface area (Å²) in [4.78, 5) is 73.0. The summed E-state index contributed by atoms with van der Waals surface area (Å²) in [5.74, 6) is 1.00. The van der Waals surface area contributed by atoms with Crippen LogP contribution in [0.15, 0.2) is 0 Å². The van der Waals surface area contributed by atoms with Crippen LogP contribution in [0, 0.1) is 23.7 Å². The fourth-order valence-electron chi connectivity index (χ4n) is 12.6. The lowest BCUT2D eigenvalue weighted by Gasteiger charge is -2.21. The van der Waals surface area contributed by atoms with Crippen molar-refractivity contribution < 1.29 is 80.2 Å². The number of carbonyl (C=O) groups excluding carboxylic acids is 4. The normalized spacial score (nSPS) is 14.3. The number of unbranched alkanes of at least 4 members (excludes halogenated alkanes) is 44. The maximum Gasteiger partial charge on any atom is 0.472 e. The fourth-order valence-corrected chi connectivity index (χ4v) is 14.2. The summed E-state index contributed by atoms with van der Waals surface area (Å²) in [7, 11) is -9.92. The van der Waals surface area contributed by atoms with Crippen LogP contribution in [0.2, 0.25) is 0 Å². The molecule has 0 heterocycles. The Bertz CT molecular complexity index is 1970. The van der Waals surface area contributed by atoms with E-state index >= 15 is 0 Å². The predicted octanol–water partition coefficient (Wildman–Crippen LogP) is 24.4. The second-order valence-corrected chi connectivity index (χ2v) is 34.1. The molecule has 0 aromatic heterocycles. The predicted molar refractivity (Wildman–Crippen MR) is 414 cm³/mol. The third kappa shape index (κ3) is 74.7. The molecule has 0 rings (SSSR count). The number of ether oxygens (including phenoxy) is 4. The van der Waals surface area contributed by atoms with Crippen LogP contribution in [-0.2, 0) is 65.4 Å². The average molecular weight is 1480 g/mol. The van der Waals surface area contributed by atoms with Crippen molar-refractivity contribution in [2.75, 3.05) is 39.6 Å². The molecule has 6 atom stereocenters. The maximum atomic E-state index is 13.1. The number of hydrogen-bond acceptors (Lipinski definition) is 15. The lowest BCUT2D eigenvalue weighted by Crippen LogP contribution is -2.30. The highest BCUT2D eigenvalue weighted by molar-refractivity contribution is 7.47. The molecular weight excluding hydrogens is 1320 g/mol. The van der Waals surface area contributed by atoms with Gasteiger partial charge in [0.2, 0.25) is 0 Å². The summed E-state index contributed by atoms with van der Waals surface area (Å²) in [6, 6.07) is 0. The lowest BCUT2D eigenvalue weighted by molar-refractivity contribution is -0.161. The Labute approximate surface area is 619 Å². The monoisotopic (exact) mass is 1480 g/mol. The average Bonchev–Trinajstić information content (AvgIpc) is 0.944. The molecule has 17 nitrogen and oxygen atoms in total. The van der Waals surface area contributed by atoms with Crippen molar-refractivity contribution in [3.05, 3.63) is 0 Å². The minimum atomic E-state index is -4.96. The van der Waals surface area contributed by atoms with Gasteiger partial charge < -0.3 is 33.8 Å². The van der Waals surface area contributed by atoms with E-state index in [0.29, 0.717) is 31.6 Å². The van der Waals surface area contributed by atoms with Gasteiger partial charge >= 0.3 is 39.5 Å². The third-order valence-electron chi connectivity index (χ3n) is 19.4. The van der Waals surface area contributed by atoms with Gasteiger partial charge in [-0.05, 0) is 49.4 Å². The van der Waals surface area contributed by atoms with E-state index in [2.05, 4.69) is 55.4 Å². The fraction of sp³-hybridized carbons (Fsp3) is 0.951. The van der Waals surface area contributed by atoms with E-state index < -0.39 is 97.5 Å². The molecule has 0 aromatic carbocycles. The van der Waals surface area contributed by atoms with Gasteiger partial charge in [-0.3, -0.25) is 37.3 Å². The number of phosphoric ester groups is 2. The molecule has 0 aromatic rings. The highest BCUT2D eigenvalue weighted by Gasteiger charge is 2.30. The van der Waals surface area contributed by atoms with Crippen LogP contribution < -0.4 is 0 Å². The van der Waals surface area contributed by atoms with E-state index in [1.54, 1.807) is 0 Å². The van der Waals surface area contributed by atoms with Gasteiger partial charge in [0.05, 0.1) is 26.4 Å². The van der Waals surface area contributed by atoms with Gasteiger partial charge in [-0.1, -0.05) is 370 Å². The van der Waals surface area contributed by atoms with Gasteiger partial charge in [0, 0.05) is 25.7 Å². The van der Waals surface area contributed by atoms with Crippen LogP contribution in [0.25, 0.3) is 0 Å². The third-order valence-corrected chi connectivity index (χ3v) is 21.3. The number of aliphatic hydroxyl groups is 1. The van der Waals surface area contributed by atoms with Crippen molar-refractivity contribution in [2.24, 2.45) is 23.7 Å². The first-order valence-electron chi connectivity index (χ1n) is 42.2. The Morgan fingerprint density at radius 3 is 0.703 bits per heavy atom. The summed E-state index contributed by atoms with van der Waals surface area (Å²) in [6.07, 6.45) is 58.4. The number of aliphatic hydroxyl groups excluding tert-OH is 1. The first-order chi connectivity index (χ1) is 48.6. The molecule has 0 amide bonds. The van der Waals surface area contributed by atoms with Crippen LogP contribution >= 0.6 is 15.6 Å². The molecule has 0 fully saturated rings. The quantitative estimate of drug-likeness (QED) is 0.0222. The maximum absolute atomic E-state index is 13.1. The molecule has 0 aliphatic carbocycles. The standard InChI is InChI=1S/C82H160O17P2/c1-9-75(8)61-53-45-37-29-25-26-32-40-49-57-65-82(87)99-78(69-93-80(85)63-55-47-41-33-36-44-52-60-74(6)7)71-97-101(90,91)95-67-76(83)66-94-100(88,89)96-70-77(98-81(86)64-56-48-39-31-24-20-16-18-22-28-35-43-51-59-73(4)5)68-92-79(84)62-54-46-38-30-23-19-15-13-11-10-12-14-17-21-27-34-42-50-58-72(2)3/h72-78,83H,9-71H2,1-8H3,(H,88,89)(H,90,91)/t75?,76?,77-,78-/m1/s1. The molecule has 0 radical (unpaired) electrons. The summed E-state index contributed by atoms with van der Waals surface area (Å²) >= 11 is 0. The van der Waals surface area contributed by atoms with Gasteiger partial charge in [-0.15, -0.1) is 0 Å². The summed E-state index contributed by atoms with van der Waals surface area (Å²) in [5.41, 5.74) is 0. The first kappa shape index (κ1) is 99.1. The van der Waals surface area contributed by atoms with E-state index in [4.69, 9.17) is 37.0 Å². The number of phosphoric acid groups is 2. The summed E-state index contributed by atoms with van der Waals surface area (Å²) in [5, 5.41) is 10.6. The van der Waals surface area contributed by atoms with Crippen LogP contribution in [0.3, 0.4) is 0 Å². The number of carbonyl (C=O) groups is 4. The number of esters is 4. The van der Waals surface area contributed by atoms with Gasteiger partial charge in [-0.25, -0.2) is 9.13 Å². The van der Waals surface area contributed by atoms with Crippen molar-refractivity contribution >= 4 is 39.5 Å². The Morgan fingerprint density at radius 2 is 0.475 bits per heavy atom. The van der Waals surface area contributed by atoms with Crippen LogP contribution in [0.4, 0.5) is 0 Å². The first-order valence-corrected chi connectivity index (χ1v) is 45.2. The summed E-state index contributed by atoms with van der Waals surface area (Å²) in [6.45, 7) is 14.3. The van der Waals surface area contributed by atoms with Gasteiger partial charge in [0.25, 0.3) is 0 Å². The zero-order valence-corrected chi connectivity index (χ0v) is 68.3. The SMILES string of the molecule is CCC(C)CCCCCCCCCCCCC(=O)O[C@H](COC(=O)CCCCCCCCCC(C)C)COP(=O)(O)OCC(O)COP(=O)(O)OC[C@@H](COC(=O)CCCCCCCCCCCCCCCCCCCCC(C)C)OC(=O)CCCCCCCCCCCCCCCC(C)C. The van der Waals surface area contributed by atoms with Crippen LogP contribution in [0.1, 0.15) is 421 Å². The zero-order chi connectivity index (χ0) is 74.6. The smallest absolute Gasteiger partial charge is 0.462 e. The molecule has 0 bridgehead atoms. The van der Waals surface area contributed by atoms with Gasteiger partial charge in [0.1, 0.15) is 19.3 Å². The molecule has 0 aliphatic rings.